The van der Waals surface area contributed by atoms with Crippen LogP contribution in [0, 0.1) is 0 Å². The zero-order valence-electron chi connectivity index (χ0n) is 11.5. The molecule has 1 aromatic heterocycles. The van der Waals surface area contributed by atoms with Gasteiger partial charge in [-0.2, -0.15) is 0 Å². The average molecular weight is 286 g/mol. The van der Waals surface area contributed by atoms with Crippen molar-refractivity contribution in [3.63, 3.8) is 0 Å². The molecule has 0 bridgehead atoms. The normalized spacial score (nSPS) is 10.8. The number of imidazole rings is 1. The number of aromatic nitrogens is 2. The van der Waals surface area contributed by atoms with Crippen molar-refractivity contribution < 1.29 is 19.7 Å². The number of rotatable bonds is 3. The van der Waals surface area contributed by atoms with Gasteiger partial charge in [-0.15, -0.1) is 0 Å². The molecule has 0 saturated carbocycles. The van der Waals surface area contributed by atoms with Gasteiger partial charge < -0.3 is 24.7 Å². The summed E-state index contributed by atoms with van der Waals surface area (Å²) < 4.78 is 10.5. The monoisotopic (exact) mass is 286 g/mol. The summed E-state index contributed by atoms with van der Waals surface area (Å²) in [6, 6.07) is 8.23. The number of phenolic OH excluding ortho intramolecular Hbond substituents is 2. The third-order valence-electron chi connectivity index (χ3n) is 3.26. The number of phenols is 2. The van der Waals surface area contributed by atoms with Gasteiger partial charge in [0.25, 0.3) is 0 Å². The molecule has 108 valence electrons. The Morgan fingerprint density at radius 1 is 1.05 bits per heavy atom. The zero-order valence-corrected chi connectivity index (χ0v) is 11.5. The van der Waals surface area contributed by atoms with Gasteiger partial charge in [-0.1, -0.05) is 6.07 Å². The van der Waals surface area contributed by atoms with Gasteiger partial charge in [0.2, 0.25) is 0 Å². The molecule has 3 aromatic rings. The Balaban J connectivity index is 2.19. The average Bonchev–Trinajstić information content (AvgIpc) is 2.90. The SMILES string of the molecule is COc1cc2nc(-c3cccc(O)c3O)[nH]c2cc1OC. The smallest absolute Gasteiger partial charge is 0.168 e. The molecule has 0 fully saturated rings. The van der Waals surface area contributed by atoms with Gasteiger partial charge in [-0.3, -0.25) is 0 Å². The summed E-state index contributed by atoms with van der Waals surface area (Å²) in [6.07, 6.45) is 0. The highest BCUT2D eigenvalue weighted by atomic mass is 16.5. The summed E-state index contributed by atoms with van der Waals surface area (Å²) in [5.74, 6) is 1.20. The highest BCUT2D eigenvalue weighted by Crippen LogP contribution is 2.37. The molecule has 21 heavy (non-hydrogen) atoms. The Labute approximate surface area is 120 Å². The summed E-state index contributed by atoms with van der Waals surface area (Å²) in [7, 11) is 3.11. The van der Waals surface area contributed by atoms with E-state index in [0.29, 0.717) is 28.4 Å². The number of hydrogen-bond donors (Lipinski definition) is 3. The predicted molar refractivity (Wildman–Crippen MR) is 78.0 cm³/mol. The van der Waals surface area contributed by atoms with E-state index in [9.17, 15) is 10.2 Å². The third kappa shape index (κ3) is 2.10. The molecule has 0 aliphatic carbocycles. The van der Waals surface area contributed by atoms with E-state index in [-0.39, 0.29) is 11.5 Å². The van der Waals surface area contributed by atoms with Crippen molar-refractivity contribution in [3.05, 3.63) is 30.3 Å². The molecular weight excluding hydrogens is 272 g/mol. The van der Waals surface area contributed by atoms with Crippen LogP contribution in [0.1, 0.15) is 0 Å². The van der Waals surface area contributed by atoms with Crippen LogP contribution in [0.25, 0.3) is 22.4 Å². The van der Waals surface area contributed by atoms with Crippen LogP contribution >= 0.6 is 0 Å². The molecule has 0 spiro atoms. The van der Waals surface area contributed by atoms with Crippen molar-refractivity contribution in [2.45, 2.75) is 0 Å². The van der Waals surface area contributed by atoms with Crippen LogP contribution in [0.3, 0.4) is 0 Å². The molecule has 0 aliphatic rings. The molecule has 3 N–H and O–H groups in total. The molecule has 2 aromatic carbocycles. The number of para-hydroxylation sites is 1. The Morgan fingerprint density at radius 3 is 2.48 bits per heavy atom. The van der Waals surface area contributed by atoms with Gasteiger partial charge in [0.15, 0.2) is 23.0 Å². The van der Waals surface area contributed by atoms with Gasteiger partial charge in [-0.05, 0) is 12.1 Å². The van der Waals surface area contributed by atoms with E-state index < -0.39 is 0 Å². The molecule has 0 aliphatic heterocycles. The number of aromatic hydroxyl groups is 2. The first-order chi connectivity index (χ1) is 10.1. The van der Waals surface area contributed by atoms with E-state index in [1.165, 1.54) is 6.07 Å². The van der Waals surface area contributed by atoms with E-state index >= 15 is 0 Å². The molecule has 3 rings (SSSR count). The van der Waals surface area contributed by atoms with E-state index in [4.69, 9.17) is 9.47 Å². The largest absolute Gasteiger partial charge is 0.504 e. The minimum atomic E-state index is -0.213. The van der Waals surface area contributed by atoms with E-state index in [2.05, 4.69) is 9.97 Å². The first-order valence-corrected chi connectivity index (χ1v) is 6.27. The van der Waals surface area contributed by atoms with E-state index in [1.54, 1.807) is 38.5 Å². The fourth-order valence-electron chi connectivity index (χ4n) is 2.19. The summed E-state index contributed by atoms with van der Waals surface area (Å²) in [5.41, 5.74) is 1.83. The molecule has 0 amide bonds. The second-order valence-corrected chi connectivity index (χ2v) is 4.48. The number of ether oxygens (including phenoxy) is 2. The molecule has 0 unspecified atom stereocenters. The number of nitrogens with zero attached hydrogens (tertiary/aromatic N) is 1. The number of hydrogen-bond acceptors (Lipinski definition) is 5. The maximum absolute atomic E-state index is 9.92. The number of fused-ring (bicyclic) bond motifs is 1. The molecule has 6 nitrogen and oxygen atoms in total. The number of H-pyrrole nitrogens is 1. The van der Waals surface area contributed by atoms with Crippen LogP contribution in [-0.4, -0.2) is 34.4 Å². The lowest BCUT2D eigenvalue weighted by atomic mass is 10.2. The first kappa shape index (κ1) is 13.1. The van der Waals surface area contributed by atoms with Crippen LogP contribution in [0.15, 0.2) is 30.3 Å². The van der Waals surface area contributed by atoms with Crippen molar-refractivity contribution in [2.75, 3.05) is 14.2 Å². The second kappa shape index (κ2) is 4.90. The topological polar surface area (TPSA) is 87.6 Å². The third-order valence-corrected chi connectivity index (χ3v) is 3.26. The van der Waals surface area contributed by atoms with Gasteiger partial charge in [0.1, 0.15) is 5.82 Å². The van der Waals surface area contributed by atoms with Crippen molar-refractivity contribution in [3.8, 4) is 34.4 Å². The maximum atomic E-state index is 9.92. The number of aromatic amines is 1. The number of benzene rings is 2. The molecule has 0 radical (unpaired) electrons. The second-order valence-electron chi connectivity index (χ2n) is 4.48. The van der Waals surface area contributed by atoms with Crippen molar-refractivity contribution in [2.24, 2.45) is 0 Å². The summed E-state index contributed by atoms with van der Waals surface area (Å²) >= 11 is 0. The van der Waals surface area contributed by atoms with Gasteiger partial charge in [-0.25, -0.2) is 4.98 Å². The van der Waals surface area contributed by atoms with Crippen LogP contribution in [0.2, 0.25) is 0 Å². The zero-order chi connectivity index (χ0) is 15.0. The lowest BCUT2D eigenvalue weighted by Gasteiger charge is -2.06. The Bertz CT molecular complexity index is 770. The lowest BCUT2D eigenvalue weighted by Crippen LogP contribution is -1.89. The Hall–Kier alpha value is -2.89. The van der Waals surface area contributed by atoms with Crippen molar-refractivity contribution >= 4 is 11.0 Å². The summed E-state index contributed by atoms with van der Waals surface area (Å²) in [5, 5.41) is 19.5. The Kier molecular flexibility index (Phi) is 3.06. The Morgan fingerprint density at radius 2 is 1.76 bits per heavy atom. The summed E-state index contributed by atoms with van der Waals surface area (Å²) in [6.45, 7) is 0. The van der Waals surface area contributed by atoms with Crippen LogP contribution in [0.4, 0.5) is 0 Å². The van der Waals surface area contributed by atoms with Crippen molar-refractivity contribution in [1.29, 1.82) is 0 Å². The molecule has 0 atom stereocenters. The fraction of sp³-hybridized carbons (Fsp3) is 0.133. The predicted octanol–water partition coefficient (Wildman–Crippen LogP) is 2.66. The van der Waals surface area contributed by atoms with E-state index in [1.807, 2.05) is 0 Å². The molecule has 0 saturated heterocycles. The summed E-state index contributed by atoms with van der Waals surface area (Å²) in [4.78, 5) is 7.49. The van der Waals surface area contributed by atoms with E-state index in [0.717, 1.165) is 5.52 Å². The minimum Gasteiger partial charge on any atom is -0.504 e. The number of methoxy groups -OCH3 is 2. The van der Waals surface area contributed by atoms with Crippen LogP contribution < -0.4 is 9.47 Å². The van der Waals surface area contributed by atoms with Crippen molar-refractivity contribution in [1.82, 2.24) is 9.97 Å². The van der Waals surface area contributed by atoms with Gasteiger partial charge in [0.05, 0.1) is 30.8 Å². The highest BCUT2D eigenvalue weighted by molar-refractivity contribution is 5.84. The standard InChI is InChI=1S/C15H14N2O4/c1-20-12-6-9-10(7-13(12)21-2)17-15(16-9)8-4-3-5-11(18)14(8)19/h3-7,18-19H,1-2H3,(H,16,17). The van der Waals surface area contributed by atoms with Crippen LogP contribution in [-0.2, 0) is 0 Å². The van der Waals surface area contributed by atoms with Crippen LogP contribution in [0.5, 0.6) is 23.0 Å². The lowest BCUT2D eigenvalue weighted by molar-refractivity contribution is 0.356. The number of nitrogens with one attached hydrogen (secondary N) is 1. The minimum absolute atomic E-state index is 0.192. The fourth-order valence-corrected chi connectivity index (χ4v) is 2.19. The quantitative estimate of drug-likeness (QED) is 0.644. The molecule has 6 heteroatoms. The maximum Gasteiger partial charge on any atom is 0.168 e. The molecule has 1 heterocycles. The first-order valence-electron chi connectivity index (χ1n) is 6.27. The molecular formula is C15H14N2O4. The highest BCUT2D eigenvalue weighted by Gasteiger charge is 2.14. The van der Waals surface area contributed by atoms with Gasteiger partial charge in [0, 0.05) is 12.1 Å². The van der Waals surface area contributed by atoms with Gasteiger partial charge >= 0.3 is 0 Å².